The summed E-state index contributed by atoms with van der Waals surface area (Å²) in [7, 11) is 2.12. The third kappa shape index (κ3) is 2.41. The standard InChI is InChI=1S/C23H21N2S/c1-15-16-10-7-9-13-21(16)26-22(15)20-14-18(23(2,3)24-4)17-11-6-8-12-19(17)25(20)5/h6-14H,1-3,5H3/q+1. The number of hydrogen-bond acceptors (Lipinski definition) is 1. The van der Waals surface area contributed by atoms with Gasteiger partial charge in [-0.05, 0) is 30.0 Å². The average Bonchev–Trinajstić information content (AvgIpc) is 2.99. The molecule has 4 aromatic rings. The summed E-state index contributed by atoms with van der Waals surface area (Å²) < 4.78 is 3.57. The highest BCUT2D eigenvalue weighted by Gasteiger charge is 2.33. The number of benzene rings is 2. The molecule has 0 bridgehead atoms. The predicted molar refractivity (Wildman–Crippen MR) is 110 cm³/mol. The largest absolute Gasteiger partial charge is 0.306 e. The summed E-state index contributed by atoms with van der Waals surface area (Å²) in [4.78, 5) is 5.19. The molecular weight excluding hydrogens is 336 g/mol. The molecule has 3 heteroatoms. The van der Waals surface area contributed by atoms with Gasteiger partial charge in [-0.2, -0.15) is 4.57 Å². The van der Waals surface area contributed by atoms with Gasteiger partial charge in [0.05, 0.1) is 10.9 Å². The highest BCUT2D eigenvalue weighted by Crippen LogP contribution is 2.39. The third-order valence-corrected chi connectivity index (χ3v) is 6.51. The second kappa shape index (κ2) is 5.93. The van der Waals surface area contributed by atoms with Crippen LogP contribution in [-0.2, 0) is 12.6 Å². The number of aromatic nitrogens is 1. The van der Waals surface area contributed by atoms with Crippen molar-refractivity contribution in [2.45, 2.75) is 26.3 Å². The molecule has 2 aromatic carbocycles. The Hall–Kier alpha value is -2.70. The number of aryl methyl sites for hydroxylation is 2. The molecule has 2 heterocycles. The van der Waals surface area contributed by atoms with Crippen LogP contribution in [-0.4, -0.2) is 0 Å². The van der Waals surface area contributed by atoms with Crippen molar-refractivity contribution in [3.63, 3.8) is 0 Å². The Morgan fingerprint density at radius 1 is 1.00 bits per heavy atom. The van der Waals surface area contributed by atoms with Crippen LogP contribution in [0.15, 0.2) is 54.6 Å². The smallest absolute Gasteiger partial charge is 0.253 e. The van der Waals surface area contributed by atoms with Crippen LogP contribution in [0, 0.1) is 13.5 Å². The predicted octanol–water partition coefficient (Wildman–Crippen LogP) is 6.01. The van der Waals surface area contributed by atoms with Gasteiger partial charge >= 0.3 is 0 Å². The maximum Gasteiger partial charge on any atom is 0.253 e. The topological polar surface area (TPSA) is 8.24 Å². The van der Waals surface area contributed by atoms with E-state index >= 15 is 0 Å². The van der Waals surface area contributed by atoms with Gasteiger partial charge in [-0.3, -0.25) is 0 Å². The summed E-state index contributed by atoms with van der Waals surface area (Å²) in [6, 6.07) is 19.2. The Labute approximate surface area is 158 Å². The van der Waals surface area contributed by atoms with E-state index in [0.29, 0.717) is 0 Å². The van der Waals surface area contributed by atoms with Gasteiger partial charge in [-0.25, -0.2) is 6.57 Å². The third-order valence-electron chi connectivity index (χ3n) is 5.21. The molecule has 0 saturated carbocycles. The molecule has 2 aromatic heterocycles. The lowest BCUT2D eigenvalue weighted by Gasteiger charge is -2.15. The van der Waals surface area contributed by atoms with E-state index < -0.39 is 5.54 Å². The van der Waals surface area contributed by atoms with Crippen molar-refractivity contribution < 1.29 is 4.57 Å². The molecule has 128 valence electrons. The molecule has 0 fully saturated rings. The first-order valence-corrected chi connectivity index (χ1v) is 9.55. The molecule has 26 heavy (non-hydrogen) atoms. The molecule has 0 N–H and O–H groups in total. The van der Waals surface area contributed by atoms with Gasteiger partial charge in [-0.1, -0.05) is 30.3 Å². The quantitative estimate of drug-likeness (QED) is 0.307. The van der Waals surface area contributed by atoms with Crippen molar-refractivity contribution in [2.75, 3.05) is 0 Å². The van der Waals surface area contributed by atoms with Gasteiger partial charge in [0.25, 0.3) is 5.54 Å². The number of nitrogens with zero attached hydrogens (tertiary/aromatic N) is 2. The van der Waals surface area contributed by atoms with E-state index in [9.17, 15) is 0 Å². The maximum atomic E-state index is 7.70. The van der Waals surface area contributed by atoms with Gasteiger partial charge in [0, 0.05) is 30.7 Å². The van der Waals surface area contributed by atoms with Crippen molar-refractivity contribution in [3.8, 4) is 10.6 Å². The molecule has 0 saturated heterocycles. The zero-order chi connectivity index (χ0) is 18.5. The lowest BCUT2D eigenvalue weighted by Crippen LogP contribution is -2.33. The van der Waals surface area contributed by atoms with E-state index in [1.54, 1.807) is 0 Å². The molecular formula is C23H21N2S+. The van der Waals surface area contributed by atoms with Gasteiger partial charge in [0.15, 0.2) is 0 Å². The normalized spacial score (nSPS) is 11.8. The minimum absolute atomic E-state index is 0.562. The Morgan fingerprint density at radius 3 is 2.35 bits per heavy atom. The summed E-state index contributed by atoms with van der Waals surface area (Å²) in [5.74, 6) is 0. The summed E-state index contributed by atoms with van der Waals surface area (Å²) in [6.07, 6.45) is 0. The summed E-state index contributed by atoms with van der Waals surface area (Å²) >= 11 is 1.83. The summed E-state index contributed by atoms with van der Waals surface area (Å²) in [5, 5.41) is 2.46. The van der Waals surface area contributed by atoms with Crippen LogP contribution >= 0.6 is 11.3 Å². The molecule has 0 atom stereocenters. The minimum Gasteiger partial charge on any atom is -0.306 e. The highest BCUT2D eigenvalue weighted by atomic mass is 32.1. The Balaban J connectivity index is 2.12. The summed E-state index contributed by atoms with van der Waals surface area (Å²) in [6.45, 7) is 13.9. The molecule has 0 spiro atoms. The van der Waals surface area contributed by atoms with Crippen LogP contribution in [0.25, 0.3) is 36.4 Å². The Morgan fingerprint density at radius 2 is 1.65 bits per heavy atom. The monoisotopic (exact) mass is 357 g/mol. The number of para-hydroxylation sites is 1. The molecule has 0 amide bonds. The fraction of sp³-hybridized carbons (Fsp3) is 0.217. The van der Waals surface area contributed by atoms with E-state index in [-0.39, 0.29) is 0 Å². The van der Waals surface area contributed by atoms with Gasteiger partial charge in [0.1, 0.15) is 11.9 Å². The zero-order valence-electron chi connectivity index (χ0n) is 15.5. The SMILES string of the molecule is [C-]#[N+]C(C)(C)c1cc(-c2sc3ccccc3c2C)[n+](C)c2ccccc12. The molecule has 0 aliphatic carbocycles. The van der Waals surface area contributed by atoms with Gasteiger partial charge in [-0.15, -0.1) is 11.3 Å². The molecule has 2 nitrogen and oxygen atoms in total. The van der Waals surface area contributed by atoms with E-state index in [0.717, 1.165) is 16.5 Å². The van der Waals surface area contributed by atoms with Crippen LogP contribution in [0.1, 0.15) is 25.0 Å². The lowest BCUT2D eigenvalue weighted by molar-refractivity contribution is -0.633. The number of pyridine rings is 1. The van der Waals surface area contributed by atoms with E-state index in [1.807, 2.05) is 25.2 Å². The average molecular weight is 358 g/mol. The van der Waals surface area contributed by atoms with Crippen LogP contribution < -0.4 is 4.57 Å². The first kappa shape index (κ1) is 16.8. The van der Waals surface area contributed by atoms with Gasteiger partial charge in [0.2, 0.25) is 11.2 Å². The first-order chi connectivity index (χ1) is 12.4. The fourth-order valence-electron chi connectivity index (χ4n) is 3.64. The number of fused-ring (bicyclic) bond motifs is 2. The summed E-state index contributed by atoms with van der Waals surface area (Å²) in [5.41, 5.74) is 4.17. The lowest BCUT2D eigenvalue weighted by atomic mass is 9.90. The molecule has 0 radical (unpaired) electrons. The Kier molecular flexibility index (Phi) is 3.82. The molecule has 0 aliphatic rings. The van der Waals surface area contributed by atoms with E-state index in [4.69, 9.17) is 6.57 Å². The van der Waals surface area contributed by atoms with Crippen molar-refractivity contribution in [2.24, 2.45) is 7.05 Å². The van der Waals surface area contributed by atoms with Crippen LogP contribution in [0.3, 0.4) is 0 Å². The highest BCUT2D eigenvalue weighted by molar-refractivity contribution is 7.22. The number of thiophene rings is 1. The van der Waals surface area contributed by atoms with Crippen LogP contribution in [0.4, 0.5) is 0 Å². The second-order valence-corrected chi connectivity index (χ2v) is 8.29. The van der Waals surface area contributed by atoms with Gasteiger partial charge < -0.3 is 4.85 Å². The minimum atomic E-state index is -0.562. The molecule has 0 unspecified atom stereocenters. The van der Waals surface area contributed by atoms with Crippen molar-refractivity contribution >= 4 is 32.3 Å². The van der Waals surface area contributed by atoms with Crippen molar-refractivity contribution in [1.29, 1.82) is 0 Å². The Bertz CT molecular complexity index is 1190. The maximum absolute atomic E-state index is 7.70. The van der Waals surface area contributed by atoms with Crippen molar-refractivity contribution in [1.82, 2.24) is 0 Å². The number of hydrogen-bond donors (Lipinski definition) is 0. The van der Waals surface area contributed by atoms with E-state index in [1.165, 1.54) is 26.2 Å². The van der Waals surface area contributed by atoms with Crippen LogP contribution in [0.5, 0.6) is 0 Å². The fourth-order valence-corrected chi connectivity index (χ4v) is 4.90. The van der Waals surface area contributed by atoms with Crippen molar-refractivity contribution in [3.05, 3.63) is 77.1 Å². The molecule has 4 rings (SSSR count). The van der Waals surface area contributed by atoms with Crippen LogP contribution in [0.2, 0.25) is 0 Å². The van der Waals surface area contributed by atoms with E-state index in [2.05, 4.69) is 78.0 Å². The first-order valence-electron chi connectivity index (χ1n) is 8.73. The second-order valence-electron chi connectivity index (χ2n) is 7.24. The number of rotatable bonds is 2. The molecule has 0 aliphatic heterocycles. The zero-order valence-corrected chi connectivity index (χ0v) is 16.3.